The number of carbonyl (C=O) groups is 2. The quantitative estimate of drug-likeness (QED) is 0.680. The molecule has 2 heterocycles. The van der Waals surface area contributed by atoms with Gasteiger partial charge in [-0.1, -0.05) is 6.07 Å². The molecule has 10 nitrogen and oxygen atoms in total. The minimum absolute atomic E-state index is 0.00894. The first-order valence-corrected chi connectivity index (χ1v) is 12.6. The number of carbonyl (C=O) groups excluding carboxylic acids is 2. The van der Waals surface area contributed by atoms with E-state index in [-0.39, 0.29) is 53.0 Å². The molecule has 0 saturated carbocycles. The smallest absolute Gasteiger partial charge is 0.271 e. The third-order valence-corrected chi connectivity index (χ3v) is 8.79. The summed E-state index contributed by atoms with van der Waals surface area (Å²) in [7, 11) is -4.05. The predicted molar refractivity (Wildman–Crippen MR) is 111 cm³/mol. The van der Waals surface area contributed by atoms with Gasteiger partial charge in [0.05, 0.1) is 22.4 Å². The van der Waals surface area contributed by atoms with Crippen molar-refractivity contribution in [1.82, 2.24) is 9.31 Å². The standard InChI is InChI=1S/C18H24N4O6S2/c1-12-4-5-13(10-16(12)30(27,28)21(2)3)19-18(24)15-6-7-17(23)22(20-15)14-8-9-29(25,26)11-14/h4-5,10,14H,6-9,11H2,1-3H3,(H,19,24). The fraction of sp³-hybridized carbons (Fsp3) is 0.500. The molecule has 1 aromatic carbocycles. The minimum Gasteiger partial charge on any atom is -0.321 e. The first kappa shape index (κ1) is 22.4. The molecular formula is C18H24N4O6S2. The van der Waals surface area contributed by atoms with Crippen LogP contribution in [-0.4, -0.2) is 75.3 Å². The van der Waals surface area contributed by atoms with E-state index in [4.69, 9.17) is 0 Å². The highest BCUT2D eigenvalue weighted by Gasteiger charge is 2.37. The molecule has 1 aromatic rings. The Kier molecular flexibility index (Phi) is 6.03. The van der Waals surface area contributed by atoms with E-state index < -0.39 is 31.8 Å². The highest BCUT2D eigenvalue weighted by molar-refractivity contribution is 7.91. The van der Waals surface area contributed by atoms with Crippen molar-refractivity contribution in [3.05, 3.63) is 23.8 Å². The number of hydrogen-bond donors (Lipinski definition) is 1. The van der Waals surface area contributed by atoms with Crippen LogP contribution in [0.1, 0.15) is 24.8 Å². The molecule has 164 valence electrons. The van der Waals surface area contributed by atoms with Gasteiger partial charge in [0.2, 0.25) is 15.9 Å². The Hall–Kier alpha value is -2.31. The first-order valence-electron chi connectivity index (χ1n) is 9.35. The summed E-state index contributed by atoms with van der Waals surface area (Å²) in [4.78, 5) is 25.0. The molecule has 2 amide bonds. The molecular weight excluding hydrogens is 432 g/mol. The van der Waals surface area contributed by atoms with Crippen LogP contribution >= 0.6 is 0 Å². The Morgan fingerprint density at radius 3 is 2.57 bits per heavy atom. The molecule has 0 aromatic heterocycles. The number of hydrazone groups is 1. The molecule has 12 heteroatoms. The lowest BCUT2D eigenvalue weighted by atomic mass is 10.1. The van der Waals surface area contributed by atoms with E-state index in [2.05, 4.69) is 10.4 Å². The highest BCUT2D eigenvalue weighted by atomic mass is 32.2. The summed E-state index contributed by atoms with van der Waals surface area (Å²) in [5, 5.41) is 7.86. The third kappa shape index (κ3) is 4.55. The molecule has 1 unspecified atom stereocenters. The third-order valence-electron chi connectivity index (χ3n) is 5.08. The average Bonchev–Trinajstić information content (AvgIpc) is 3.02. The van der Waals surface area contributed by atoms with Crippen molar-refractivity contribution in [3.63, 3.8) is 0 Å². The molecule has 0 aliphatic carbocycles. The zero-order valence-corrected chi connectivity index (χ0v) is 18.6. The molecule has 3 rings (SSSR count). The largest absolute Gasteiger partial charge is 0.321 e. The Labute approximate surface area is 175 Å². The van der Waals surface area contributed by atoms with Crippen LogP contribution in [0.5, 0.6) is 0 Å². The van der Waals surface area contributed by atoms with Crippen LogP contribution in [0.3, 0.4) is 0 Å². The maximum absolute atomic E-state index is 12.7. The van der Waals surface area contributed by atoms with Gasteiger partial charge in [0.15, 0.2) is 9.84 Å². The van der Waals surface area contributed by atoms with Crippen molar-refractivity contribution in [3.8, 4) is 0 Å². The summed E-state index contributed by atoms with van der Waals surface area (Å²) in [6, 6.07) is 3.98. The van der Waals surface area contributed by atoms with Gasteiger partial charge < -0.3 is 5.32 Å². The van der Waals surface area contributed by atoms with Crippen molar-refractivity contribution in [2.45, 2.75) is 37.1 Å². The van der Waals surface area contributed by atoms with E-state index in [1.54, 1.807) is 19.1 Å². The summed E-state index contributed by atoms with van der Waals surface area (Å²) in [6.07, 6.45) is 0.461. The van der Waals surface area contributed by atoms with Gasteiger partial charge in [-0.3, -0.25) is 9.59 Å². The summed E-state index contributed by atoms with van der Waals surface area (Å²) in [5.74, 6) is -1.06. The topological polar surface area (TPSA) is 133 Å². The van der Waals surface area contributed by atoms with E-state index >= 15 is 0 Å². The molecule has 0 bridgehead atoms. The number of amides is 2. The number of hydrogen-bond acceptors (Lipinski definition) is 7. The Morgan fingerprint density at radius 1 is 1.27 bits per heavy atom. The maximum atomic E-state index is 12.7. The number of nitrogens with one attached hydrogen (secondary N) is 1. The molecule has 2 aliphatic heterocycles. The van der Waals surface area contributed by atoms with Crippen LogP contribution in [0.25, 0.3) is 0 Å². The van der Waals surface area contributed by atoms with E-state index in [1.165, 1.54) is 20.2 Å². The zero-order chi connectivity index (χ0) is 22.3. The average molecular weight is 457 g/mol. The molecule has 1 saturated heterocycles. The second-order valence-corrected chi connectivity index (χ2v) is 11.9. The lowest BCUT2D eigenvalue weighted by Gasteiger charge is -2.27. The van der Waals surface area contributed by atoms with Crippen molar-refractivity contribution < 1.29 is 26.4 Å². The second-order valence-electron chi connectivity index (χ2n) is 7.56. The van der Waals surface area contributed by atoms with Gasteiger partial charge in [-0.25, -0.2) is 26.1 Å². The van der Waals surface area contributed by atoms with Gasteiger partial charge in [-0.15, -0.1) is 0 Å². The van der Waals surface area contributed by atoms with E-state index in [0.717, 1.165) is 9.31 Å². The monoisotopic (exact) mass is 456 g/mol. The fourth-order valence-electron chi connectivity index (χ4n) is 3.34. The minimum atomic E-state index is -3.69. The van der Waals surface area contributed by atoms with Crippen molar-refractivity contribution in [2.75, 3.05) is 30.9 Å². The first-order chi connectivity index (χ1) is 13.9. The molecule has 0 radical (unpaired) electrons. The fourth-order valence-corrected chi connectivity index (χ4v) is 6.18. The number of sulfonamides is 1. The van der Waals surface area contributed by atoms with Gasteiger partial charge in [0, 0.05) is 32.6 Å². The molecule has 1 N–H and O–H groups in total. The van der Waals surface area contributed by atoms with Crippen molar-refractivity contribution >= 4 is 43.1 Å². The molecule has 30 heavy (non-hydrogen) atoms. The number of nitrogens with zero attached hydrogens (tertiary/aromatic N) is 3. The van der Waals surface area contributed by atoms with Gasteiger partial charge in [0.25, 0.3) is 5.91 Å². The van der Waals surface area contributed by atoms with Gasteiger partial charge in [-0.2, -0.15) is 5.10 Å². The normalized spacial score (nSPS) is 21.6. The number of benzene rings is 1. The Balaban J connectivity index is 1.82. The summed E-state index contributed by atoms with van der Waals surface area (Å²) in [5.41, 5.74) is 0.910. The van der Waals surface area contributed by atoms with Crippen LogP contribution < -0.4 is 5.32 Å². The molecule has 1 atom stereocenters. The van der Waals surface area contributed by atoms with Gasteiger partial charge in [-0.05, 0) is 31.0 Å². The van der Waals surface area contributed by atoms with E-state index in [9.17, 15) is 26.4 Å². The number of sulfone groups is 1. The van der Waals surface area contributed by atoms with Crippen molar-refractivity contribution in [2.24, 2.45) is 5.10 Å². The second kappa shape index (κ2) is 8.08. The molecule has 0 spiro atoms. The van der Waals surface area contributed by atoms with Crippen LogP contribution in [0.2, 0.25) is 0 Å². The Morgan fingerprint density at radius 2 is 1.97 bits per heavy atom. The summed E-state index contributed by atoms with van der Waals surface area (Å²) >= 11 is 0. The summed E-state index contributed by atoms with van der Waals surface area (Å²) in [6.45, 7) is 1.66. The molecule has 1 fully saturated rings. The zero-order valence-electron chi connectivity index (χ0n) is 17.0. The lowest BCUT2D eigenvalue weighted by molar-refractivity contribution is -0.133. The SMILES string of the molecule is Cc1ccc(NC(=O)C2=NN(C3CCS(=O)(=O)C3)C(=O)CC2)cc1S(=O)(=O)N(C)C. The maximum Gasteiger partial charge on any atom is 0.271 e. The van der Waals surface area contributed by atoms with Crippen LogP contribution in [0.4, 0.5) is 5.69 Å². The van der Waals surface area contributed by atoms with Gasteiger partial charge >= 0.3 is 0 Å². The lowest BCUT2D eigenvalue weighted by Crippen LogP contribution is -2.42. The number of rotatable bonds is 5. The number of aryl methyl sites for hydroxylation is 1. The van der Waals surface area contributed by atoms with E-state index in [1.807, 2.05) is 0 Å². The van der Waals surface area contributed by atoms with E-state index in [0.29, 0.717) is 5.56 Å². The highest BCUT2D eigenvalue weighted by Crippen LogP contribution is 2.24. The Bertz CT molecular complexity index is 1130. The predicted octanol–water partition coefficient (Wildman–Crippen LogP) is 0.349. The van der Waals surface area contributed by atoms with Crippen LogP contribution in [-0.2, 0) is 29.4 Å². The molecule has 2 aliphatic rings. The number of anilines is 1. The van der Waals surface area contributed by atoms with Gasteiger partial charge in [0.1, 0.15) is 5.71 Å². The van der Waals surface area contributed by atoms with Crippen LogP contribution in [0, 0.1) is 6.92 Å². The summed E-state index contributed by atoms with van der Waals surface area (Å²) < 4.78 is 49.5. The van der Waals surface area contributed by atoms with Crippen LogP contribution in [0.15, 0.2) is 28.2 Å². The van der Waals surface area contributed by atoms with Crippen molar-refractivity contribution in [1.29, 1.82) is 0 Å².